The lowest BCUT2D eigenvalue weighted by Gasteiger charge is -2.12. The minimum atomic E-state index is 0.680. The Morgan fingerprint density at radius 1 is 0.390 bits per heavy atom. The van der Waals surface area contributed by atoms with Crippen LogP contribution in [-0.4, -0.2) is 14.5 Å². The number of hydrogen-bond acceptors (Lipinski definition) is 2. The summed E-state index contributed by atoms with van der Waals surface area (Å²) in [5.74, 6) is 0.680. The molecule has 0 spiro atoms. The van der Waals surface area contributed by atoms with Gasteiger partial charge < -0.3 is 0 Å². The summed E-state index contributed by atoms with van der Waals surface area (Å²) in [7, 11) is 0. The van der Waals surface area contributed by atoms with Gasteiger partial charge in [-0.25, -0.2) is 9.97 Å². The van der Waals surface area contributed by atoms with Crippen LogP contribution in [0.25, 0.3) is 82.2 Å². The number of benzene rings is 7. The average molecular weight is 522 g/mol. The molecule has 41 heavy (non-hydrogen) atoms. The molecule has 190 valence electrons. The van der Waals surface area contributed by atoms with E-state index in [1.54, 1.807) is 0 Å². The fourth-order valence-electron chi connectivity index (χ4n) is 6.57. The molecule has 0 aliphatic rings. The monoisotopic (exact) mass is 521 g/mol. The zero-order valence-electron chi connectivity index (χ0n) is 22.1. The molecule has 0 aliphatic carbocycles. The van der Waals surface area contributed by atoms with Gasteiger partial charge in [-0.05, 0) is 50.5 Å². The zero-order valence-corrected chi connectivity index (χ0v) is 22.1. The second-order valence-corrected chi connectivity index (χ2v) is 10.6. The maximum absolute atomic E-state index is 5.23. The van der Waals surface area contributed by atoms with Crippen LogP contribution in [0.1, 0.15) is 0 Å². The van der Waals surface area contributed by atoms with Crippen LogP contribution in [-0.2, 0) is 0 Å². The van der Waals surface area contributed by atoms with Gasteiger partial charge in [0.05, 0.1) is 22.2 Å². The lowest BCUT2D eigenvalue weighted by atomic mass is 9.95. The lowest BCUT2D eigenvalue weighted by molar-refractivity contribution is 1.01. The summed E-state index contributed by atoms with van der Waals surface area (Å²) in [4.78, 5) is 10.4. The van der Waals surface area contributed by atoms with Crippen LogP contribution in [0.15, 0.2) is 140 Å². The van der Waals surface area contributed by atoms with Gasteiger partial charge in [-0.15, -0.1) is 0 Å². The molecule has 0 fully saturated rings. The van der Waals surface area contributed by atoms with Crippen LogP contribution in [0.2, 0.25) is 0 Å². The topological polar surface area (TPSA) is 30.7 Å². The highest BCUT2D eigenvalue weighted by Crippen LogP contribution is 2.40. The maximum atomic E-state index is 5.23. The molecule has 0 aliphatic heterocycles. The molecule has 0 amide bonds. The zero-order chi connectivity index (χ0) is 26.9. The van der Waals surface area contributed by atoms with Gasteiger partial charge in [0.1, 0.15) is 0 Å². The Morgan fingerprint density at radius 2 is 1.02 bits per heavy atom. The van der Waals surface area contributed by atoms with E-state index in [1.807, 2.05) is 12.1 Å². The Morgan fingerprint density at radius 3 is 1.93 bits per heavy atom. The fourth-order valence-corrected chi connectivity index (χ4v) is 6.57. The van der Waals surface area contributed by atoms with E-state index in [1.165, 1.54) is 43.1 Å². The molecule has 0 saturated heterocycles. The van der Waals surface area contributed by atoms with Gasteiger partial charge >= 0.3 is 0 Å². The molecule has 3 nitrogen and oxygen atoms in total. The van der Waals surface area contributed by atoms with Crippen molar-refractivity contribution in [3.05, 3.63) is 140 Å². The molecular formula is C38H23N3. The molecule has 0 radical (unpaired) electrons. The molecule has 0 saturated carbocycles. The predicted molar refractivity (Wildman–Crippen MR) is 172 cm³/mol. The number of para-hydroxylation sites is 2. The third-order valence-corrected chi connectivity index (χ3v) is 8.39. The summed E-state index contributed by atoms with van der Waals surface area (Å²) >= 11 is 0. The van der Waals surface area contributed by atoms with E-state index in [2.05, 4.69) is 132 Å². The Balaban J connectivity index is 1.40. The van der Waals surface area contributed by atoms with Crippen molar-refractivity contribution in [1.29, 1.82) is 0 Å². The molecule has 3 heteroatoms. The SMILES string of the molecule is c1ccc(-c2nc(-n3c4ccccc4c4c5ccc6c7ccccc7ccc6c5ccc43)nc3ccccc23)cc1. The van der Waals surface area contributed by atoms with Crippen LogP contribution in [0, 0.1) is 0 Å². The normalized spacial score (nSPS) is 11.9. The molecule has 0 N–H and O–H groups in total. The van der Waals surface area contributed by atoms with Crippen molar-refractivity contribution in [2.75, 3.05) is 0 Å². The van der Waals surface area contributed by atoms with E-state index >= 15 is 0 Å². The van der Waals surface area contributed by atoms with Gasteiger partial charge in [-0.1, -0.05) is 121 Å². The third-order valence-electron chi connectivity index (χ3n) is 8.39. The summed E-state index contributed by atoms with van der Waals surface area (Å²) in [6.07, 6.45) is 0. The first-order valence-corrected chi connectivity index (χ1v) is 13.9. The smallest absolute Gasteiger partial charge is 0.235 e. The molecule has 9 rings (SSSR count). The second kappa shape index (κ2) is 8.48. The number of nitrogens with zero attached hydrogens (tertiary/aromatic N) is 3. The van der Waals surface area contributed by atoms with Gasteiger partial charge in [0.25, 0.3) is 0 Å². The first-order chi connectivity index (χ1) is 20.3. The van der Waals surface area contributed by atoms with E-state index in [-0.39, 0.29) is 0 Å². The van der Waals surface area contributed by atoms with E-state index in [4.69, 9.17) is 9.97 Å². The highest BCUT2D eigenvalue weighted by Gasteiger charge is 2.19. The molecule has 2 heterocycles. The first-order valence-electron chi connectivity index (χ1n) is 13.9. The van der Waals surface area contributed by atoms with Gasteiger partial charge in [0.2, 0.25) is 5.95 Å². The van der Waals surface area contributed by atoms with Crippen molar-refractivity contribution < 1.29 is 0 Å². The van der Waals surface area contributed by atoms with Crippen LogP contribution in [0.5, 0.6) is 0 Å². The summed E-state index contributed by atoms with van der Waals surface area (Å²) in [5.41, 5.74) is 5.16. The highest BCUT2D eigenvalue weighted by molar-refractivity contribution is 6.27. The molecule has 7 aromatic carbocycles. The summed E-state index contributed by atoms with van der Waals surface area (Å²) in [5, 5.41) is 11.1. The molecule has 0 unspecified atom stereocenters. The van der Waals surface area contributed by atoms with Crippen LogP contribution in [0.4, 0.5) is 0 Å². The Hall–Kier alpha value is -5.54. The minimum absolute atomic E-state index is 0.680. The molecular weight excluding hydrogens is 498 g/mol. The number of fused-ring (bicyclic) bond motifs is 10. The van der Waals surface area contributed by atoms with Gasteiger partial charge in [0.15, 0.2) is 0 Å². The summed E-state index contributed by atoms with van der Waals surface area (Å²) in [6, 6.07) is 49.5. The Labute approximate surface area is 235 Å². The third kappa shape index (κ3) is 3.20. The molecule has 2 aromatic heterocycles. The van der Waals surface area contributed by atoms with Crippen molar-refractivity contribution in [3.63, 3.8) is 0 Å². The van der Waals surface area contributed by atoms with Crippen molar-refractivity contribution in [2.24, 2.45) is 0 Å². The van der Waals surface area contributed by atoms with Crippen molar-refractivity contribution in [3.8, 4) is 17.2 Å². The largest absolute Gasteiger partial charge is 0.278 e. The van der Waals surface area contributed by atoms with Crippen LogP contribution >= 0.6 is 0 Å². The minimum Gasteiger partial charge on any atom is -0.278 e. The molecule has 0 atom stereocenters. The molecule has 0 bridgehead atoms. The Bertz CT molecular complexity index is 2470. The number of hydrogen-bond donors (Lipinski definition) is 0. The average Bonchev–Trinajstić information content (AvgIpc) is 3.39. The van der Waals surface area contributed by atoms with Gasteiger partial charge in [-0.3, -0.25) is 4.57 Å². The second-order valence-electron chi connectivity index (χ2n) is 10.6. The number of rotatable bonds is 2. The van der Waals surface area contributed by atoms with Gasteiger partial charge in [-0.2, -0.15) is 0 Å². The van der Waals surface area contributed by atoms with E-state index in [9.17, 15) is 0 Å². The van der Waals surface area contributed by atoms with E-state index < -0.39 is 0 Å². The summed E-state index contributed by atoms with van der Waals surface area (Å²) in [6.45, 7) is 0. The van der Waals surface area contributed by atoms with E-state index in [0.29, 0.717) is 5.95 Å². The summed E-state index contributed by atoms with van der Waals surface area (Å²) < 4.78 is 2.23. The van der Waals surface area contributed by atoms with Crippen LogP contribution < -0.4 is 0 Å². The quantitative estimate of drug-likeness (QED) is 0.212. The standard InChI is InChI=1S/C38H23N3/c1-2-11-25(12-3-1)37-31-14-6-8-16-33(31)39-38(40-37)41-34-17-9-7-15-32(34)36-30-21-20-27-26-13-5-4-10-24(26)18-19-28(27)29(30)22-23-35(36)41/h1-23H. The number of aromatic nitrogens is 3. The lowest BCUT2D eigenvalue weighted by Crippen LogP contribution is -2.03. The van der Waals surface area contributed by atoms with E-state index in [0.717, 1.165) is 33.2 Å². The van der Waals surface area contributed by atoms with Crippen molar-refractivity contribution in [1.82, 2.24) is 14.5 Å². The fraction of sp³-hybridized carbons (Fsp3) is 0. The molecule has 9 aromatic rings. The predicted octanol–water partition coefficient (Wildman–Crippen LogP) is 9.85. The van der Waals surface area contributed by atoms with Gasteiger partial charge in [0, 0.05) is 21.7 Å². The highest BCUT2D eigenvalue weighted by atomic mass is 15.2. The first kappa shape index (κ1) is 22.3. The van der Waals surface area contributed by atoms with Crippen LogP contribution in [0.3, 0.4) is 0 Å². The van der Waals surface area contributed by atoms with Crippen molar-refractivity contribution in [2.45, 2.75) is 0 Å². The van der Waals surface area contributed by atoms with Crippen molar-refractivity contribution >= 4 is 65.0 Å². The maximum Gasteiger partial charge on any atom is 0.235 e. The Kier molecular flexibility index (Phi) is 4.61.